The highest BCUT2D eigenvalue weighted by atomic mass is 79.9. The lowest BCUT2D eigenvalue weighted by Gasteiger charge is -2.31. The molecule has 2 aromatic carbocycles. The fourth-order valence-corrected chi connectivity index (χ4v) is 3.02. The first-order valence-corrected chi connectivity index (χ1v) is 7.12. The normalized spacial score (nSPS) is 11.6. The molecule has 20 heavy (non-hydrogen) atoms. The summed E-state index contributed by atoms with van der Waals surface area (Å²) in [5.41, 5.74) is 0.914. The number of aliphatic hydroxyl groups excluding tert-OH is 2. The monoisotopic (exact) mass is 338 g/mol. The van der Waals surface area contributed by atoms with Crippen molar-refractivity contribution in [3.8, 4) is 0 Å². The highest BCUT2D eigenvalue weighted by Crippen LogP contribution is 2.33. The highest BCUT2D eigenvalue weighted by molar-refractivity contribution is 9.10. The van der Waals surface area contributed by atoms with Crippen LogP contribution in [0.2, 0.25) is 0 Å². The quantitative estimate of drug-likeness (QED) is 0.879. The Labute approximate surface area is 126 Å². The van der Waals surface area contributed by atoms with Gasteiger partial charge in [-0.05, 0) is 35.7 Å². The van der Waals surface area contributed by atoms with Gasteiger partial charge in [-0.3, -0.25) is 0 Å². The first-order valence-electron chi connectivity index (χ1n) is 6.32. The number of rotatable bonds is 5. The van der Waals surface area contributed by atoms with Crippen LogP contribution in [0, 0.1) is 5.82 Å². The maximum atomic E-state index is 13.0. The Morgan fingerprint density at radius 1 is 0.950 bits per heavy atom. The van der Waals surface area contributed by atoms with Crippen LogP contribution in [0.25, 0.3) is 0 Å². The molecule has 2 aromatic rings. The molecule has 0 atom stereocenters. The van der Waals surface area contributed by atoms with Crippen molar-refractivity contribution in [2.45, 2.75) is 11.8 Å². The Hall–Kier alpha value is -1.23. The molecule has 2 nitrogen and oxygen atoms in total. The molecule has 0 aliphatic rings. The largest absolute Gasteiger partial charge is 0.395 e. The van der Waals surface area contributed by atoms with E-state index in [0.717, 1.165) is 15.6 Å². The van der Waals surface area contributed by atoms with Gasteiger partial charge in [-0.2, -0.15) is 0 Å². The van der Waals surface area contributed by atoms with Gasteiger partial charge in [0.15, 0.2) is 0 Å². The van der Waals surface area contributed by atoms with Crippen molar-refractivity contribution in [1.29, 1.82) is 0 Å². The van der Waals surface area contributed by atoms with Crippen molar-refractivity contribution < 1.29 is 14.6 Å². The topological polar surface area (TPSA) is 40.5 Å². The molecule has 0 amide bonds. The minimum atomic E-state index is -0.794. The third-order valence-corrected chi connectivity index (χ3v) is 4.20. The second-order valence-electron chi connectivity index (χ2n) is 4.88. The smallest absolute Gasteiger partial charge is 0.123 e. The summed E-state index contributed by atoms with van der Waals surface area (Å²) in [6, 6.07) is 13.6. The summed E-state index contributed by atoms with van der Waals surface area (Å²) >= 11 is 3.46. The average molecular weight is 339 g/mol. The first-order chi connectivity index (χ1) is 9.61. The van der Waals surface area contributed by atoms with E-state index in [-0.39, 0.29) is 19.0 Å². The van der Waals surface area contributed by atoms with E-state index in [9.17, 15) is 14.6 Å². The lowest BCUT2D eigenvalue weighted by molar-refractivity contribution is 0.115. The van der Waals surface area contributed by atoms with Crippen LogP contribution in [0.3, 0.4) is 0 Å². The number of benzene rings is 2. The van der Waals surface area contributed by atoms with Crippen LogP contribution in [0.5, 0.6) is 0 Å². The van der Waals surface area contributed by atoms with Crippen LogP contribution in [0.1, 0.15) is 11.1 Å². The van der Waals surface area contributed by atoms with Gasteiger partial charge in [0.1, 0.15) is 5.82 Å². The van der Waals surface area contributed by atoms with E-state index in [1.54, 1.807) is 12.1 Å². The van der Waals surface area contributed by atoms with E-state index in [1.807, 2.05) is 24.3 Å². The summed E-state index contributed by atoms with van der Waals surface area (Å²) in [6.45, 7) is -0.382. The van der Waals surface area contributed by atoms with Gasteiger partial charge in [0.25, 0.3) is 0 Å². The Morgan fingerprint density at radius 3 is 2.10 bits per heavy atom. The van der Waals surface area contributed by atoms with Crippen LogP contribution in [-0.2, 0) is 11.8 Å². The molecule has 0 aliphatic heterocycles. The Kier molecular flexibility index (Phi) is 4.91. The van der Waals surface area contributed by atoms with Gasteiger partial charge in [0, 0.05) is 9.89 Å². The van der Waals surface area contributed by atoms with E-state index in [1.165, 1.54) is 12.1 Å². The van der Waals surface area contributed by atoms with E-state index < -0.39 is 5.41 Å². The predicted molar refractivity (Wildman–Crippen MR) is 80.1 cm³/mol. The van der Waals surface area contributed by atoms with Gasteiger partial charge in [-0.15, -0.1) is 0 Å². The van der Waals surface area contributed by atoms with Gasteiger partial charge in [0.2, 0.25) is 0 Å². The van der Waals surface area contributed by atoms with Crippen LogP contribution in [-0.4, -0.2) is 23.4 Å². The van der Waals surface area contributed by atoms with Crippen molar-refractivity contribution in [1.82, 2.24) is 0 Å². The molecule has 0 saturated heterocycles. The zero-order chi connectivity index (χ0) is 14.6. The molecule has 0 saturated carbocycles. The first kappa shape index (κ1) is 15.2. The van der Waals surface area contributed by atoms with Crippen molar-refractivity contribution in [2.24, 2.45) is 0 Å². The summed E-state index contributed by atoms with van der Waals surface area (Å²) in [5, 5.41) is 19.6. The Morgan fingerprint density at radius 2 is 1.55 bits per heavy atom. The number of hydrogen-bond acceptors (Lipinski definition) is 2. The van der Waals surface area contributed by atoms with Gasteiger partial charge in [0.05, 0.1) is 13.2 Å². The van der Waals surface area contributed by atoms with Gasteiger partial charge >= 0.3 is 0 Å². The van der Waals surface area contributed by atoms with E-state index >= 15 is 0 Å². The zero-order valence-corrected chi connectivity index (χ0v) is 12.5. The fraction of sp³-hybridized carbons (Fsp3) is 0.250. The molecule has 0 unspecified atom stereocenters. The lowest BCUT2D eigenvalue weighted by Crippen LogP contribution is -2.37. The summed E-state index contributed by atoms with van der Waals surface area (Å²) in [4.78, 5) is 0. The number of aliphatic hydroxyl groups is 2. The average Bonchev–Trinajstić information content (AvgIpc) is 2.48. The molecule has 0 aromatic heterocycles. The summed E-state index contributed by atoms with van der Waals surface area (Å²) < 4.78 is 13.8. The molecule has 0 aliphatic carbocycles. The highest BCUT2D eigenvalue weighted by Gasteiger charge is 2.33. The Bertz CT molecular complexity index is 565. The van der Waals surface area contributed by atoms with E-state index in [0.29, 0.717) is 6.42 Å². The van der Waals surface area contributed by atoms with Crippen molar-refractivity contribution >= 4 is 15.9 Å². The minimum absolute atomic E-state index is 0.191. The molecule has 106 valence electrons. The molecule has 0 radical (unpaired) electrons. The maximum absolute atomic E-state index is 13.0. The second kappa shape index (κ2) is 6.48. The molecule has 0 bridgehead atoms. The minimum Gasteiger partial charge on any atom is -0.395 e. The van der Waals surface area contributed by atoms with Crippen molar-refractivity contribution in [3.63, 3.8) is 0 Å². The number of halogens is 2. The van der Waals surface area contributed by atoms with Crippen LogP contribution in [0.15, 0.2) is 53.0 Å². The van der Waals surface area contributed by atoms with Gasteiger partial charge < -0.3 is 10.2 Å². The predicted octanol–water partition coefficient (Wildman–Crippen LogP) is 3.05. The van der Waals surface area contributed by atoms with Crippen LogP contribution < -0.4 is 0 Å². The standard InChI is InChI=1S/C16H16BrFO2/c17-15-4-2-1-3-14(15)16(10-19,11-20)9-12-5-7-13(18)8-6-12/h1-8,19-20H,9-11H2. The third-order valence-electron chi connectivity index (χ3n) is 3.51. The SMILES string of the molecule is OCC(CO)(Cc1ccc(F)cc1)c1ccccc1Br. The Balaban J connectivity index is 2.39. The summed E-state index contributed by atoms with van der Waals surface area (Å²) in [6.07, 6.45) is 0.433. The fourth-order valence-electron chi connectivity index (χ4n) is 2.31. The molecular weight excluding hydrogens is 323 g/mol. The summed E-state index contributed by atoms with van der Waals surface area (Å²) in [5.74, 6) is -0.298. The number of hydrogen-bond donors (Lipinski definition) is 2. The second-order valence-corrected chi connectivity index (χ2v) is 5.73. The third kappa shape index (κ3) is 3.08. The maximum Gasteiger partial charge on any atom is 0.123 e. The van der Waals surface area contributed by atoms with Gasteiger partial charge in [-0.1, -0.05) is 46.3 Å². The molecular formula is C16H16BrFO2. The van der Waals surface area contributed by atoms with Crippen molar-refractivity contribution in [3.05, 3.63) is 69.9 Å². The van der Waals surface area contributed by atoms with Gasteiger partial charge in [-0.25, -0.2) is 4.39 Å². The van der Waals surface area contributed by atoms with Crippen LogP contribution >= 0.6 is 15.9 Å². The molecule has 2 rings (SSSR count). The summed E-state index contributed by atoms with van der Waals surface area (Å²) in [7, 11) is 0. The molecule has 2 N–H and O–H groups in total. The molecule has 4 heteroatoms. The van der Waals surface area contributed by atoms with Crippen LogP contribution in [0.4, 0.5) is 4.39 Å². The zero-order valence-electron chi connectivity index (χ0n) is 10.9. The molecule has 0 fully saturated rings. The van der Waals surface area contributed by atoms with E-state index in [2.05, 4.69) is 15.9 Å². The van der Waals surface area contributed by atoms with Crippen molar-refractivity contribution in [2.75, 3.05) is 13.2 Å². The molecule has 0 spiro atoms. The molecule has 0 heterocycles. The van der Waals surface area contributed by atoms with E-state index in [4.69, 9.17) is 0 Å². The lowest BCUT2D eigenvalue weighted by atomic mass is 9.77.